The Morgan fingerprint density at radius 3 is 2.05 bits per heavy atom. The van der Waals surface area contributed by atoms with Gasteiger partial charge in [-0.05, 0) is 17.7 Å². The van der Waals surface area contributed by atoms with Crippen molar-refractivity contribution in [2.45, 2.75) is 0 Å². The van der Waals surface area contributed by atoms with Crippen molar-refractivity contribution >= 4 is 30.8 Å². The maximum atomic E-state index is 12.9. The number of benzene rings is 1. The molecule has 1 fully saturated rings. The van der Waals surface area contributed by atoms with Crippen molar-refractivity contribution < 1.29 is 4.39 Å². The smallest absolute Gasteiger partial charge is 0.225 e. The van der Waals surface area contributed by atoms with Gasteiger partial charge in [0.2, 0.25) is 5.95 Å². The van der Waals surface area contributed by atoms with E-state index in [0.29, 0.717) is 0 Å². The van der Waals surface area contributed by atoms with Crippen LogP contribution in [0, 0.1) is 5.82 Å². The molecule has 0 bridgehead atoms. The van der Waals surface area contributed by atoms with E-state index in [2.05, 4.69) is 20.2 Å². The van der Waals surface area contributed by atoms with Gasteiger partial charge in [-0.1, -0.05) is 12.1 Å². The fourth-order valence-electron chi connectivity index (χ4n) is 2.14. The Hall–Kier alpha value is -1.43. The molecule has 0 unspecified atom stereocenters. The summed E-state index contributed by atoms with van der Waals surface area (Å²) < 4.78 is 12.9. The molecule has 1 aliphatic heterocycles. The molecule has 0 aliphatic carbocycles. The van der Waals surface area contributed by atoms with Crippen LogP contribution < -0.4 is 10.2 Å². The molecule has 0 amide bonds. The fraction of sp³-hybridized carbons (Fsp3) is 0.286. The van der Waals surface area contributed by atoms with Crippen molar-refractivity contribution in [1.82, 2.24) is 15.3 Å². The molecule has 114 valence electrons. The Morgan fingerprint density at radius 1 is 0.905 bits per heavy atom. The van der Waals surface area contributed by atoms with Crippen molar-refractivity contribution in [1.29, 1.82) is 0 Å². The van der Waals surface area contributed by atoms with Gasteiger partial charge in [-0.3, -0.25) is 0 Å². The first-order valence-electron chi connectivity index (χ1n) is 6.36. The number of aromatic nitrogens is 2. The molecule has 1 saturated heterocycles. The zero-order chi connectivity index (χ0) is 13.1. The van der Waals surface area contributed by atoms with Crippen LogP contribution in [-0.2, 0) is 0 Å². The molecule has 2 heterocycles. The van der Waals surface area contributed by atoms with Crippen LogP contribution in [0.1, 0.15) is 0 Å². The lowest BCUT2D eigenvalue weighted by Crippen LogP contribution is -2.44. The number of halogens is 3. The Balaban J connectivity index is 0.00000110. The van der Waals surface area contributed by atoms with Crippen molar-refractivity contribution in [2.24, 2.45) is 0 Å². The van der Waals surface area contributed by atoms with Gasteiger partial charge in [0.25, 0.3) is 0 Å². The maximum absolute atomic E-state index is 12.9. The highest BCUT2D eigenvalue weighted by Gasteiger charge is 2.12. The number of hydrogen-bond acceptors (Lipinski definition) is 4. The van der Waals surface area contributed by atoms with Crippen LogP contribution in [-0.4, -0.2) is 36.1 Å². The number of hydrogen-bond donors (Lipinski definition) is 1. The Kier molecular flexibility index (Phi) is 6.81. The molecule has 2 aromatic rings. The average molecular weight is 331 g/mol. The first-order valence-corrected chi connectivity index (χ1v) is 6.36. The lowest BCUT2D eigenvalue weighted by atomic mass is 10.1. The van der Waals surface area contributed by atoms with E-state index in [1.807, 2.05) is 0 Å². The van der Waals surface area contributed by atoms with E-state index >= 15 is 0 Å². The molecule has 0 radical (unpaired) electrons. The number of nitrogens with zero attached hydrogens (tertiary/aromatic N) is 3. The van der Waals surface area contributed by atoms with Gasteiger partial charge in [0, 0.05) is 44.1 Å². The summed E-state index contributed by atoms with van der Waals surface area (Å²) in [6.07, 6.45) is 3.58. The highest BCUT2D eigenvalue weighted by molar-refractivity contribution is 5.85. The molecule has 1 aromatic carbocycles. The minimum absolute atomic E-state index is 0. The van der Waals surface area contributed by atoms with Crippen LogP contribution in [0.15, 0.2) is 36.7 Å². The van der Waals surface area contributed by atoms with Crippen LogP contribution in [0.2, 0.25) is 0 Å². The summed E-state index contributed by atoms with van der Waals surface area (Å²) in [5.41, 5.74) is 1.83. The van der Waals surface area contributed by atoms with E-state index in [0.717, 1.165) is 43.3 Å². The van der Waals surface area contributed by atoms with Gasteiger partial charge in [-0.15, -0.1) is 24.8 Å². The van der Waals surface area contributed by atoms with Crippen molar-refractivity contribution in [2.75, 3.05) is 31.1 Å². The minimum atomic E-state index is -0.234. The summed E-state index contributed by atoms with van der Waals surface area (Å²) in [7, 11) is 0. The van der Waals surface area contributed by atoms with E-state index in [1.54, 1.807) is 24.5 Å². The topological polar surface area (TPSA) is 41.1 Å². The quantitative estimate of drug-likeness (QED) is 0.918. The second-order valence-electron chi connectivity index (χ2n) is 4.52. The molecular weight excluding hydrogens is 314 g/mol. The lowest BCUT2D eigenvalue weighted by Gasteiger charge is -2.27. The average Bonchev–Trinajstić information content (AvgIpc) is 2.49. The lowest BCUT2D eigenvalue weighted by molar-refractivity contribution is 0.580. The molecule has 7 heteroatoms. The van der Waals surface area contributed by atoms with E-state index in [-0.39, 0.29) is 30.6 Å². The summed E-state index contributed by atoms with van der Waals surface area (Å²) in [6, 6.07) is 6.36. The van der Waals surface area contributed by atoms with Crippen molar-refractivity contribution in [3.8, 4) is 11.1 Å². The molecule has 4 nitrogen and oxygen atoms in total. The Labute approximate surface area is 135 Å². The van der Waals surface area contributed by atoms with E-state index < -0.39 is 0 Å². The van der Waals surface area contributed by atoms with E-state index in [9.17, 15) is 4.39 Å². The first kappa shape index (κ1) is 17.6. The van der Waals surface area contributed by atoms with Gasteiger partial charge >= 0.3 is 0 Å². The Morgan fingerprint density at radius 2 is 1.48 bits per heavy atom. The predicted octanol–water partition coefficient (Wildman–Crippen LogP) is 2.54. The highest BCUT2D eigenvalue weighted by atomic mass is 35.5. The highest BCUT2D eigenvalue weighted by Crippen LogP contribution is 2.19. The molecular formula is C14H17Cl2FN4. The molecule has 0 atom stereocenters. The van der Waals surface area contributed by atoms with Crippen molar-refractivity contribution in [3.05, 3.63) is 42.5 Å². The van der Waals surface area contributed by atoms with Crippen LogP contribution in [0.3, 0.4) is 0 Å². The second kappa shape index (κ2) is 8.12. The third-order valence-electron chi connectivity index (χ3n) is 3.22. The van der Waals surface area contributed by atoms with Gasteiger partial charge in [-0.2, -0.15) is 0 Å². The minimum Gasteiger partial charge on any atom is -0.338 e. The first-order chi connectivity index (χ1) is 9.33. The molecule has 21 heavy (non-hydrogen) atoms. The van der Waals surface area contributed by atoms with Crippen molar-refractivity contribution in [3.63, 3.8) is 0 Å². The third-order valence-corrected chi connectivity index (χ3v) is 3.22. The van der Waals surface area contributed by atoms with Crippen LogP contribution in [0.25, 0.3) is 11.1 Å². The predicted molar refractivity (Wildman–Crippen MR) is 87.0 cm³/mol. The normalized spacial score (nSPS) is 14.0. The second-order valence-corrected chi connectivity index (χ2v) is 4.52. The summed E-state index contributed by atoms with van der Waals surface area (Å²) in [6.45, 7) is 3.78. The van der Waals surface area contributed by atoms with E-state index in [1.165, 1.54) is 12.1 Å². The van der Waals surface area contributed by atoms with Crippen LogP contribution in [0.4, 0.5) is 10.3 Å². The molecule has 1 N–H and O–H groups in total. The molecule has 0 saturated carbocycles. The monoisotopic (exact) mass is 330 g/mol. The molecule has 3 rings (SSSR count). The molecule has 0 spiro atoms. The molecule has 1 aliphatic rings. The summed E-state index contributed by atoms with van der Waals surface area (Å²) in [4.78, 5) is 10.9. The third kappa shape index (κ3) is 4.27. The zero-order valence-electron chi connectivity index (χ0n) is 11.3. The summed E-state index contributed by atoms with van der Waals surface area (Å²) >= 11 is 0. The fourth-order valence-corrected chi connectivity index (χ4v) is 2.14. The zero-order valence-corrected chi connectivity index (χ0v) is 13.0. The number of rotatable bonds is 2. The van der Waals surface area contributed by atoms with Gasteiger partial charge in [0.05, 0.1) is 0 Å². The molecule has 1 aromatic heterocycles. The summed E-state index contributed by atoms with van der Waals surface area (Å²) in [5, 5.41) is 3.29. The van der Waals surface area contributed by atoms with Gasteiger partial charge in [0.1, 0.15) is 5.82 Å². The SMILES string of the molecule is Cl.Cl.Fc1ccc(-c2cnc(N3CCNCC3)nc2)cc1. The maximum Gasteiger partial charge on any atom is 0.225 e. The standard InChI is InChI=1S/C14H15FN4.2ClH/c15-13-3-1-11(2-4-13)12-9-17-14(18-10-12)19-7-5-16-6-8-19;;/h1-4,9-10,16H,5-8H2;2*1H. The number of anilines is 1. The van der Waals surface area contributed by atoms with Gasteiger partial charge in [0.15, 0.2) is 0 Å². The van der Waals surface area contributed by atoms with Crippen LogP contribution in [0.5, 0.6) is 0 Å². The van der Waals surface area contributed by atoms with Crippen LogP contribution >= 0.6 is 24.8 Å². The Bertz CT molecular complexity index is 542. The van der Waals surface area contributed by atoms with E-state index in [4.69, 9.17) is 0 Å². The largest absolute Gasteiger partial charge is 0.338 e. The van der Waals surface area contributed by atoms with Gasteiger partial charge < -0.3 is 10.2 Å². The summed E-state index contributed by atoms with van der Waals surface area (Å²) in [5.74, 6) is 0.523. The number of nitrogens with one attached hydrogen (secondary N) is 1. The number of piperazine rings is 1. The van der Waals surface area contributed by atoms with Gasteiger partial charge in [-0.25, -0.2) is 14.4 Å².